The van der Waals surface area contributed by atoms with Crippen LogP contribution >= 0.6 is 0 Å². The fraction of sp³-hybridized carbons (Fsp3) is 0.364. The summed E-state index contributed by atoms with van der Waals surface area (Å²) in [5, 5.41) is 0.260. The van der Waals surface area contributed by atoms with Crippen LogP contribution in [0.4, 0.5) is 5.82 Å². The molecule has 18 heavy (non-hydrogen) atoms. The highest BCUT2D eigenvalue weighted by Crippen LogP contribution is 2.22. The number of nitrogens with zero attached hydrogens (tertiary/aromatic N) is 3. The van der Waals surface area contributed by atoms with Gasteiger partial charge in [-0.15, -0.1) is 0 Å². The summed E-state index contributed by atoms with van der Waals surface area (Å²) in [6.45, 7) is 2.19. The van der Waals surface area contributed by atoms with Crippen LogP contribution in [0, 0.1) is 0 Å². The summed E-state index contributed by atoms with van der Waals surface area (Å²) in [6, 6.07) is 1.48. The van der Waals surface area contributed by atoms with Crippen molar-refractivity contribution in [2.45, 2.75) is 6.92 Å². The average molecular weight is 250 g/mol. The molecule has 0 aromatic carbocycles. The Morgan fingerprint density at radius 1 is 1.33 bits per heavy atom. The lowest BCUT2D eigenvalue weighted by atomic mass is 10.3. The molecule has 0 unspecified atom stereocenters. The highest BCUT2D eigenvalue weighted by Gasteiger charge is 2.15. The van der Waals surface area contributed by atoms with Gasteiger partial charge in [-0.25, -0.2) is 9.78 Å². The van der Waals surface area contributed by atoms with E-state index in [1.165, 1.54) is 24.7 Å². The van der Waals surface area contributed by atoms with Crippen LogP contribution in [-0.4, -0.2) is 20.7 Å². The van der Waals surface area contributed by atoms with E-state index in [2.05, 4.69) is 4.98 Å². The maximum atomic E-state index is 12.1. The molecule has 0 radical (unpaired) electrons. The number of aryl methyl sites for hydroxylation is 1. The van der Waals surface area contributed by atoms with Gasteiger partial charge in [-0.2, -0.15) is 0 Å². The van der Waals surface area contributed by atoms with Crippen molar-refractivity contribution in [2.24, 2.45) is 14.1 Å². The molecule has 2 aromatic rings. The minimum atomic E-state index is -0.451. The third-order valence-corrected chi connectivity index (χ3v) is 2.69. The summed E-state index contributed by atoms with van der Waals surface area (Å²) in [4.78, 5) is 27.9. The van der Waals surface area contributed by atoms with Gasteiger partial charge in [-0.3, -0.25) is 13.9 Å². The van der Waals surface area contributed by atoms with E-state index in [9.17, 15) is 9.59 Å². The standard InChI is InChI=1S/C11H14N4O3/c1-4-18-6-5-7(12)13-9-8(6)10(16)15(3)11(17)14(9)2/h5H,4H2,1-3H3,(H2,12,13). The number of pyridine rings is 1. The molecule has 2 aromatic heterocycles. The van der Waals surface area contributed by atoms with Crippen molar-refractivity contribution in [1.29, 1.82) is 0 Å². The number of aromatic nitrogens is 3. The van der Waals surface area contributed by atoms with Gasteiger partial charge in [0.15, 0.2) is 5.65 Å². The minimum Gasteiger partial charge on any atom is -0.493 e. The van der Waals surface area contributed by atoms with E-state index in [4.69, 9.17) is 10.5 Å². The van der Waals surface area contributed by atoms with Crippen LogP contribution in [0.1, 0.15) is 6.92 Å². The smallest absolute Gasteiger partial charge is 0.332 e. The Balaban J connectivity index is 3.05. The van der Waals surface area contributed by atoms with E-state index < -0.39 is 11.2 Å². The van der Waals surface area contributed by atoms with Gasteiger partial charge in [0.25, 0.3) is 5.56 Å². The third-order valence-electron chi connectivity index (χ3n) is 2.69. The predicted molar refractivity (Wildman–Crippen MR) is 67.8 cm³/mol. The van der Waals surface area contributed by atoms with E-state index in [-0.39, 0.29) is 16.9 Å². The van der Waals surface area contributed by atoms with Crippen LogP contribution in [0.25, 0.3) is 11.0 Å². The predicted octanol–water partition coefficient (Wildman–Crippen LogP) is -0.387. The number of hydrogen-bond donors (Lipinski definition) is 1. The van der Waals surface area contributed by atoms with Crippen molar-refractivity contribution in [3.8, 4) is 5.75 Å². The largest absolute Gasteiger partial charge is 0.493 e. The first-order valence-corrected chi connectivity index (χ1v) is 5.46. The Labute approximate surface area is 102 Å². The molecule has 0 spiro atoms. The number of nitrogen functional groups attached to an aromatic ring is 1. The zero-order valence-corrected chi connectivity index (χ0v) is 10.4. The van der Waals surface area contributed by atoms with Gasteiger partial charge in [-0.1, -0.05) is 0 Å². The van der Waals surface area contributed by atoms with Crippen LogP contribution < -0.4 is 21.7 Å². The van der Waals surface area contributed by atoms with Crippen LogP contribution in [-0.2, 0) is 14.1 Å². The lowest BCUT2D eigenvalue weighted by Crippen LogP contribution is -2.37. The highest BCUT2D eigenvalue weighted by atomic mass is 16.5. The van der Waals surface area contributed by atoms with Gasteiger partial charge in [0.2, 0.25) is 0 Å². The second-order valence-electron chi connectivity index (χ2n) is 3.88. The Bertz CT molecular complexity index is 730. The van der Waals surface area contributed by atoms with Gasteiger partial charge < -0.3 is 10.5 Å². The zero-order valence-electron chi connectivity index (χ0n) is 10.4. The van der Waals surface area contributed by atoms with E-state index >= 15 is 0 Å². The van der Waals surface area contributed by atoms with Crippen LogP contribution in [0.5, 0.6) is 5.75 Å². The Kier molecular flexibility index (Phi) is 2.82. The van der Waals surface area contributed by atoms with E-state index in [0.29, 0.717) is 12.4 Å². The molecule has 0 aliphatic heterocycles. The van der Waals surface area contributed by atoms with Crippen molar-refractivity contribution in [3.63, 3.8) is 0 Å². The van der Waals surface area contributed by atoms with Gasteiger partial charge >= 0.3 is 5.69 Å². The normalized spacial score (nSPS) is 10.8. The first kappa shape index (κ1) is 12.2. The number of ether oxygens (including phenoxy) is 1. The molecule has 0 amide bonds. The summed E-state index contributed by atoms with van der Waals surface area (Å²) < 4.78 is 7.67. The molecule has 0 fully saturated rings. The molecule has 0 aliphatic carbocycles. The van der Waals surface area contributed by atoms with E-state index in [0.717, 1.165) is 4.57 Å². The average Bonchev–Trinajstić information content (AvgIpc) is 2.33. The van der Waals surface area contributed by atoms with Crippen molar-refractivity contribution in [2.75, 3.05) is 12.3 Å². The number of rotatable bonds is 2. The van der Waals surface area contributed by atoms with Crippen molar-refractivity contribution < 1.29 is 4.74 Å². The Morgan fingerprint density at radius 3 is 2.61 bits per heavy atom. The van der Waals surface area contributed by atoms with Crippen molar-refractivity contribution in [3.05, 3.63) is 26.9 Å². The van der Waals surface area contributed by atoms with Crippen LogP contribution in [0.2, 0.25) is 0 Å². The molecule has 2 rings (SSSR count). The van der Waals surface area contributed by atoms with Crippen LogP contribution in [0.3, 0.4) is 0 Å². The molecule has 2 N–H and O–H groups in total. The van der Waals surface area contributed by atoms with Gasteiger partial charge in [0, 0.05) is 20.2 Å². The summed E-state index contributed by atoms with van der Waals surface area (Å²) >= 11 is 0. The second-order valence-corrected chi connectivity index (χ2v) is 3.88. The molecule has 7 heteroatoms. The first-order chi connectivity index (χ1) is 8.47. The van der Waals surface area contributed by atoms with Crippen molar-refractivity contribution in [1.82, 2.24) is 14.1 Å². The lowest BCUT2D eigenvalue weighted by molar-refractivity contribution is 0.343. The molecule has 7 nitrogen and oxygen atoms in total. The van der Waals surface area contributed by atoms with Gasteiger partial charge in [-0.05, 0) is 6.92 Å². The number of nitrogens with two attached hydrogens (primary N) is 1. The molecule has 0 bridgehead atoms. The highest BCUT2D eigenvalue weighted by molar-refractivity contribution is 5.83. The first-order valence-electron chi connectivity index (χ1n) is 5.46. The van der Waals surface area contributed by atoms with Crippen LogP contribution in [0.15, 0.2) is 15.7 Å². The monoisotopic (exact) mass is 250 g/mol. The third kappa shape index (κ3) is 1.64. The number of anilines is 1. The maximum Gasteiger partial charge on any atom is 0.332 e. The molecule has 0 aliphatic rings. The fourth-order valence-corrected chi connectivity index (χ4v) is 1.81. The summed E-state index contributed by atoms with van der Waals surface area (Å²) in [5.41, 5.74) is 4.98. The molecule has 0 atom stereocenters. The minimum absolute atomic E-state index is 0.203. The Hall–Kier alpha value is -2.31. The summed E-state index contributed by atoms with van der Waals surface area (Å²) in [5.74, 6) is 0.547. The second kappa shape index (κ2) is 4.17. The fourth-order valence-electron chi connectivity index (χ4n) is 1.81. The van der Waals surface area contributed by atoms with Gasteiger partial charge in [0.05, 0.1) is 6.61 Å². The lowest BCUT2D eigenvalue weighted by Gasteiger charge is -2.11. The van der Waals surface area contributed by atoms with Crippen molar-refractivity contribution >= 4 is 16.9 Å². The molecule has 0 saturated carbocycles. The molecule has 0 saturated heterocycles. The topological polar surface area (TPSA) is 92.1 Å². The van der Waals surface area contributed by atoms with E-state index in [1.807, 2.05) is 0 Å². The van der Waals surface area contributed by atoms with E-state index in [1.54, 1.807) is 6.92 Å². The number of fused-ring (bicyclic) bond motifs is 1. The molecule has 2 heterocycles. The Morgan fingerprint density at radius 2 is 2.00 bits per heavy atom. The molecular formula is C11H14N4O3. The zero-order chi connectivity index (χ0) is 13.4. The molecule has 96 valence electrons. The SMILES string of the molecule is CCOc1cc(N)nc2c1c(=O)n(C)c(=O)n2C. The summed E-state index contributed by atoms with van der Waals surface area (Å²) in [7, 11) is 2.95. The quantitative estimate of drug-likeness (QED) is 0.783. The number of hydrogen-bond acceptors (Lipinski definition) is 5. The van der Waals surface area contributed by atoms with Gasteiger partial charge in [0.1, 0.15) is 17.0 Å². The summed E-state index contributed by atoms with van der Waals surface area (Å²) in [6.07, 6.45) is 0. The maximum absolute atomic E-state index is 12.1. The molecular weight excluding hydrogens is 236 g/mol.